The first-order valence-corrected chi connectivity index (χ1v) is 18.0. The van der Waals surface area contributed by atoms with Crippen molar-refractivity contribution in [2.75, 3.05) is 0 Å². The van der Waals surface area contributed by atoms with Crippen molar-refractivity contribution < 1.29 is 0 Å². The van der Waals surface area contributed by atoms with Crippen LogP contribution in [-0.2, 0) is 5.41 Å². The van der Waals surface area contributed by atoms with Gasteiger partial charge < -0.3 is 0 Å². The maximum atomic E-state index is 3.97. The first kappa shape index (κ1) is 22.6. The van der Waals surface area contributed by atoms with Crippen LogP contribution in [0, 0.1) is 9.86 Å². The summed E-state index contributed by atoms with van der Waals surface area (Å²) in [4.78, 5) is 0. The molecule has 0 saturated carbocycles. The number of rotatable bonds is 9. The Hall–Kier alpha value is -0.421. The molecule has 0 nitrogen and oxygen atoms in total. The first-order valence-electron chi connectivity index (χ1n) is 10.5. The standard InChI is InChI=1S/C12H13.3C4H9.Sn/c1-5-10-6-8-11(9-7-10)12(2,3)4;3*1-3-4-2;/h6-9H,2-4H3;3*1,3-4H2,2H3;. The van der Waals surface area contributed by atoms with E-state index in [1.807, 2.05) is 0 Å². The summed E-state index contributed by atoms with van der Waals surface area (Å²) in [5.41, 5.74) is 2.84. The maximum absolute atomic E-state index is 3.97. The van der Waals surface area contributed by atoms with Gasteiger partial charge in [-0.3, -0.25) is 0 Å². The predicted octanol–water partition coefficient (Wildman–Crippen LogP) is 7.72. The summed E-state index contributed by atoms with van der Waals surface area (Å²) in [7, 11) is 0. The molecule has 0 unspecified atom stereocenters. The second kappa shape index (κ2) is 11.3. The van der Waals surface area contributed by atoms with Crippen LogP contribution in [0.15, 0.2) is 24.3 Å². The Bertz CT molecular complexity index is 514. The van der Waals surface area contributed by atoms with Crippen molar-refractivity contribution in [3.63, 3.8) is 0 Å². The Kier molecular flexibility index (Phi) is 10.2. The Morgan fingerprint density at radius 1 is 0.760 bits per heavy atom. The number of benzene rings is 1. The molecule has 1 aromatic rings. The van der Waals surface area contributed by atoms with Crippen LogP contribution in [0.3, 0.4) is 0 Å². The second-order valence-corrected chi connectivity index (χ2v) is 21.0. The summed E-state index contributed by atoms with van der Waals surface area (Å²) in [5, 5.41) is 0. The van der Waals surface area contributed by atoms with Gasteiger partial charge in [-0.2, -0.15) is 0 Å². The molecule has 0 atom stereocenters. The molecule has 0 N–H and O–H groups in total. The van der Waals surface area contributed by atoms with E-state index in [1.165, 1.54) is 63.0 Å². The molecule has 0 spiro atoms. The third-order valence-corrected chi connectivity index (χ3v) is 18.3. The van der Waals surface area contributed by atoms with Crippen molar-refractivity contribution >= 4 is 18.4 Å². The van der Waals surface area contributed by atoms with E-state index in [4.69, 9.17) is 0 Å². The molecular weight excluding hydrogens is 407 g/mol. The zero-order valence-electron chi connectivity index (χ0n) is 17.7. The SMILES string of the molecule is CCC[CH2][Sn]([C]#Cc1ccc(C(C)(C)C)cc1)([CH2]CCC)[CH2]CCC. The Labute approximate surface area is 162 Å². The van der Waals surface area contributed by atoms with Gasteiger partial charge in [0.1, 0.15) is 0 Å². The van der Waals surface area contributed by atoms with Crippen LogP contribution in [-0.4, -0.2) is 18.4 Å². The van der Waals surface area contributed by atoms with Gasteiger partial charge in [-0.05, 0) is 0 Å². The number of unbranched alkanes of at least 4 members (excludes halogenated alkanes) is 3. The summed E-state index contributed by atoms with van der Waals surface area (Å²) in [6.07, 6.45) is 8.13. The molecular formula is C24H40Sn. The van der Waals surface area contributed by atoms with Gasteiger partial charge in [0.05, 0.1) is 0 Å². The van der Waals surface area contributed by atoms with Crippen LogP contribution in [0.2, 0.25) is 13.3 Å². The number of hydrogen-bond donors (Lipinski definition) is 0. The van der Waals surface area contributed by atoms with Crippen molar-refractivity contribution in [3.8, 4) is 9.86 Å². The third-order valence-electron chi connectivity index (χ3n) is 5.25. The summed E-state index contributed by atoms with van der Waals surface area (Å²) in [5.74, 6) is 3.63. The van der Waals surface area contributed by atoms with E-state index in [-0.39, 0.29) is 5.41 Å². The normalized spacial score (nSPS) is 11.9. The average molecular weight is 447 g/mol. The summed E-state index contributed by atoms with van der Waals surface area (Å²) < 4.78 is 8.38. The molecule has 0 aliphatic rings. The van der Waals surface area contributed by atoms with Gasteiger partial charge in [-0.15, -0.1) is 0 Å². The van der Waals surface area contributed by atoms with Gasteiger partial charge in [0.25, 0.3) is 0 Å². The molecule has 1 aromatic carbocycles. The zero-order valence-corrected chi connectivity index (χ0v) is 20.5. The zero-order chi connectivity index (χ0) is 18.8. The monoisotopic (exact) mass is 448 g/mol. The molecule has 0 heterocycles. The van der Waals surface area contributed by atoms with Crippen LogP contribution in [0.1, 0.15) is 91.2 Å². The van der Waals surface area contributed by atoms with Crippen molar-refractivity contribution in [2.45, 2.75) is 98.8 Å². The van der Waals surface area contributed by atoms with Crippen LogP contribution in [0.5, 0.6) is 0 Å². The topological polar surface area (TPSA) is 0 Å². The predicted molar refractivity (Wildman–Crippen MR) is 117 cm³/mol. The van der Waals surface area contributed by atoms with Crippen molar-refractivity contribution in [1.29, 1.82) is 0 Å². The fraction of sp³-hybridized carbons (Fsp3) is 0.667. The van der Waals surface area contributed by atoms with Crippen molar-refractivity contribution in [1.82, 2.24) is 0 Å². The van der Waals surface area contributed by atoms with E-state index in [9.17, 15) is 0 Å². The number of hydrogen-bond acceptors (Lipinski definition) is 0. The molecule has 0 radical (unpaired) electrons. The fourth-order valence-electron chi connectivity index (χ4n) is 3.37. The van der Waals surface area contributed by atoms with E-state index in [1.54, 1.807) is 0 Å². The molecule has 0 aliphatic carbocycles. The minimum absolute atomic E-state index is 0.221. The molecule has 0 bridgehead atoms. The molecule has 0 amide bonds. The quantitative estimate of drug-likeness (QED) is 0.269. The van der Waals surface area contributed by atoms with Gasteiger partial charge in [0, 0.05) is 0 Å². The van der Waals surface area contributed by atoms with Crippen LogP contribution >= 0.6 is 0 Å². The summed E-state index contributed by atoms with van der Waals surface area (Å²) >= 11 is -2.31. The molecule has 0 saturated heterocycles. The van der Waals surface area contributed by atoms with Crippen LogP contribution < -0.4 is 0 Å². The third kappa shape index (κ3) is 8.21. The molecule has 1 rings (SSSR count). The van der Waals surface area contributed by atoms with E-state index in [0.717, 1.165) is 0 Å². The van der Waals surface area contributed by atoms with E-state index in [2.05, 4.69) is 75.7 Å². The Morgan fingerprint density at radius 2 is 1.20 bits per heavy atom. The Balaban J connectivity index is 3.03. The fourth-order valence-corrected chi connectivity index (χ4v) is 16.6. The molecule has 0 aliphatic heterocycles. The van der Waals surface area contributed by atoms with E-state index < -0.39 is 18.4 Å². The van der Waals surface area contributed by atoms with Gasteiger partial charge >= 0.3 is 162 Å². The second-order valence-electron chi connectivity index (χ2n) is 8.67. The summed E-state index contributed by atoms with van der Waals surface area (Å²) in [6.45, 7) is 13.8. The van der Waals surface area contributed by atoms with Crippen molar-refractivity contribution in [2.24, 2.45) is 0 Å². The Morgan fingerprint density at radius 3 is 1.56 bits per heavy atom. The van der Waals surface area contributed by atoms with Gasteiger partial charge in [0.15, 0.2) is 0 Å². The summed E-state index contributed by atoms with van der Waals surface area (Å²) in [6, 6.07) is 9.02. The van der Waals surface area contributed by atoms with Crippen LogP contribution in [0.25, 0.3) is 0 Å². The first-order chi connectivity index (χ1) is 11.9. The van der Waals surface area contributed by atoms with Gasteiger partial charge in [-0.25, -0.2) is 0 Å². The molecule has 25 heavy (non-hydrogen) atoms. The van der Waals surface area contributed by atoms with Crippen LogP contribution in [0.4, 0.5) is 0 Å². The van der Waals surface area contributed by atoms with Gasteiger partial charge in [-0.1, -0.05) is 0 Å². The van der Waals surface area contributed by atoms with Crippen molar-refractivity contribution in [3.05, 3.63) is 35.4 Å². The van der Waals surface area contributed by atoms with Gasteiger partial charge in [0.2, 0.25) is 0 Å². The minimum atomic E-state index is -2.31. The molecule has 1 heteroatoms. The van der Waals surface area contributed by atoms with E-state index in [0.29, 0.717) is 0 Å². The molecule has 0 aromatic heterocycles. The average Bonchev–Trinajstić information content (AvgIpc) is 2.60. The molecule has 0 fully saturated rings. The van der Waals surface area contributed by atoms with E-state index >= 15 is 0 Å². The molecule has 140 valence electrons.